The Balaban J connectivity index is 2.22. The van der Waals surface area contributed by atoms with Crippen molar-refractivity contribution in [3.63, 3.8) is 0 Å². The Kier molecular flexibility index (Phi) is 5.29. The number of thiazole rings is 1. The highest BCUT2D eigenvalue weighted by Crippen LogP contribution is 2.11. The summed E-state index contributed by atoms with van der Waals surface area (Å²) in [4.78, 5) is 27.1. The second-order valence-corrected chi connectivity index (χ2v) is 6.14. The van der Waals surface area contributed by atoms with E-state index in [-0.39, 0.29) is 30.2 Å². The zero-order valence-electron chi connectivity index (χ0n) is 11.4. The highest BCUT2D eigenvalue weighted by atomic mass is 32.1. The standard InChI is InChI=1S/C12H20N4O2S/c1-12(2,3)16-9(17)4-5-14-10(18)6-8-7-19-11(13)15-8/h7H,4-6H2,1-3H3,(H2,13,15)(H,14,18)(H,16,17). The van der Waals surface area contributed by atoms with Crippen molar-refractivity contribution in [1.29, 1.82) is 0 Å². The van der Waals surface area contributed by atoms with Crippen LogP contribution >= 0.6 is 11.3 Å². The van der Waals surface area contributed by atoms with Crippen LogP contribution in [0.15, 0.2) is 5.38 Å². The molecule has 0 saturated carbocycles. The predicted octanol–water partition coefficient (Wildman–Crippen LogP) is 0.689. The van der Waals surface area contributed by atoms with Gasteiger partial charge in [-0.05, 0) is 20.8 Å². The number of nitrogen functional groups attached to an aromatic ring is 1. The number of hydrogen-bond donors (Lipinski definition) is 3. The SMILES string of the molecule is CC(C)(C)NC(=O)CCNC(=O)Cc1csc(N)n1. The maximum absolute atomic E-state index is 11.6. The molecule has 0 atom stereocenters. The lowest BCUT2D eigenvalue weighted by molar-refractivity contribution is -0.123. The van der Waals surface area contributed by atoms with Gasteiger partial charge in [-0.1, -0.05) is 0 Å². The molecule has 7 heteroatoms. The van der Waals surface area contributed by atoms with Gasteiger partial charge in [0.05, 0.1) is 12.1 Å². The van der Waals surface area contributed by atoms with Gasteiger partial charge in [-0.3, -0.25) is 9.59 Å². The maximum atomic E-state index is 11.6. The van der Waals surface area contributed by atoms with Crippen LogP contribution in [0.1, 0.15) is 32.9 Å². The molecule has 0 saturated heterocycles. The van der Waals surface area contributed by atoms with Crippen LogP contribution in [0.5, 0.6) is 0 Å². The Labute approximate surface area is 116 Å². The van der Waals surface area contributed by atoms with Crippen LogP contribution in [-0.2, 0) is 16.0 Å². The number of amides is 2. The van der Waals surface area contributed by atoms with E-state index in [0.717, 1.165) is 0 Å². The number of anilines is 1. The molecule has 0 spiro atoms. The van der Waals surface area contributed by atoms with Gasteiger partial charge < -0.3 is 16.4 Å². The number of nitrogens with one attached hydrogen (secondary N) is 2. The van der Waals surface area contributed by atoms with Gasteiger partial charge >= 0.3 is 0 Å². The van der Waals surface area contributed by atoms with E-state index < -0.39 is 0 Å². The second kappa shape index (κ2) is 6.51. The number of carbonyl (C=O) groups is 2. The van der Waals surface area contributed by atoms with Gasteiger partial charge in [-0.2, -0.15) is 0 Å². The van der Waals surface area contributed by atoms with E-state index in [9.17, 15) is 9.59 Å². The van der Waals surface area contributed by atoms with Crippen molar-refractivity contribution in [3.05, 3.63) is 11.1 Å². The van der Waals surface area contributed by atoms with E-state index >= 15 is 0 Å². The fourth-order valence-corrected chi connectivity index (χ4v) is 1.99. The van der Waals surface area contributed by atoms with Crippen molar-refractivity contribution >= 4 is 28.3 Å². The lowest BCUT2D eigenvalue weighted by Gasteiger charge is -2.20. The topological polar surface area (TPSA) is 97.1 Å². The Morgan fingerprint density at radius 1 is 1.37 bits per heavy atom. The van der Waals surface area contributed by atoms with Crippen LogP contribution in [0.4, 0.5) is 5.13 Å². The third-order valence-corrected chi connectivity index (χ3v) is 2.82. The fourth-order valence-electron chi connectivity index (χ4n) is 1.43. The van der Waals surface area contributed by atoms with Gasteiger partial charge in [0.1, 0.15) is 0 Å². The largest absolute Gasteiger partial charge is 0.375 e. The molecule has 0 aromatic carbocycles. The Hall–Kier alpha value is -1.63. The molecule has 0 radical (unpaired) electrons. The third kappa shape index (κ3) is 6.76. The molecular weight excluding hydrogens is 264 g/mol. The van der Waals surface area contributed by atoms with E-state index in [0.29, 0.717) is 17.4 Å². The molecule has 1 aromatic heterocycles. The minimum Gasteiger partial charge on any atom is -0.375 e. The van der Waals surface area contributed by atoms with Gasteiger partial charge in [0.25, 0.3) is 0 Å². The van der Waals surface area contributed by atoms with Crippen molar-refractivity contribution in [2.45, 2.75) is 39.2 Å². The van der Waals surface area contributed by atoms with Crippen LogP contribution in [0.25, 0.3) is 0 Å². The lowest BCUT2D eigenvalue weighted by atomic mass is 10.1. The third-order valence-electron chi connectivity index (χ3n) is 2.10. The summed E-state index contributed by atoms with van der Waals surface area (Å²) in [6.07, 6.45) is 0.455. The average molecular weight is 284 g/mol. The Morgan fingerprint density at radius 2 is 2.05 bits per heavy atom. The van der Waals surface area contributed by atoms with E-state index in [1.807, 2.05) is 20.8 Å². The zero-order chi connectivity index (χ0) is 14.5. The highest BCUT2D eigenvalue weighted by molar-refractivity contribution is 7.13. The van der Waals surface area contributed by atoms with Crippen LogP contribution in [0.2, 0.25) is 0 Å². The molecule has 2 amide bonds. The average Bonchev–Trinajstić information content (AvgIpc) is 2.61. The maximum Gasteiger partial charge on any atom is 0.226 e. The van der Waals surface area contributed by atoms with Crippen molar-refractivity contribution in [1.82, 2.24) is 15.6 Å². The molecule has 0 aliphatic carbocycles. The molecule has 106 valence electrons. The first-order valence-corrected chi connectivity index (χ1v) is 6.92. The first-order valence-electron chi connectivity index (χ1n) is 6.04. The molecule has 1 heterocycles. The summed E-state index contributed by atoms with van der Waals surface area (Å²) in [7, 11) is 0. The minimum atomic E-state index is -0.251. The van der Waals surface area contributed by atoms with E-state index in [1.54, 1.807) is 5.38 Å². The molecular formula is C12H20N4O2S. The molecule has 0 bridgehead atoms. The summed E-state index contributed by atoms with van der Waals surface area (Å²) in [6.45, 7) is 6.06. The number of nitrogens with zero attached hydrogens (tertiary/aromatic N) is 1. The molecule has 0 unspecified atom stereocenters. The van der Waals surface area contributed by atoms with Crippen molar-refractivity contribution < 1.29 is 9.59 Å². The number of hydrogen-bond acceptors (Lipinski definition) is 5. The summed E-state index contributed by atoms with van der Waals surface area (Å²) in [5, 5.41) is 7.71. The van der Waals surface area contributed by atoms with Gasteiger partial charge in [0.2, 0.25) is 11.8 Å². The highest BCUT2D eigenvalue weighted by Gasteiger charge is 2.13. The smallest absolute Gasteiger partial charge is 0.226 e. The van der Waals surface area contributed by atoms with Gasteiger partial charge in [-0.15, -0.1) is 11.3 Å². The normalized spacial score (nSPS) is 11.1. The van der Waals surface area contributed by atoms with Crippen molar-refractivity contribution in [2.75, 3.05) is 12.3 Å². The first-order chi connectivity index (χ1) is 8.76. The fraction of sp³-hybridized carbons (Fsp3) is 0.583. The van der Waals surface area contributed by atoms with E-state index in [1.165, 1.54) is 11.3 Å². The quantitative estimate of drug-likeness (QED) is 0.741. The van der Waals surface area contributed by atoms with Crippen LogP contribution in [-0.4, -0.2) is 28.9 Å². The monoisotopic (exact) mass is 284 g/mol. The first kappa shape index (κ1) is 15.4. The lowest BCUT2D eigenvalue weighted by Crippen LogP contribution is -2.42. The Morgan fingerprint density at radius 3 is 2.58 bits per heavy atom. The molecule has 1 aromatic rings. The summed E-state index contributed by atoms with van der Waals surface area (Å²) in [5.41, 5.74) is 5.88. The molecule has 6 nitrogen and oxygen atoms in total. The summed E-state index contributed by atoms with van der Waals surface area (Å²) < 4.78 is 0. The molecule has 1 rings (SSSR count). The zero-order valence-corrected chi connectivity index (χ0v) is 12.3. The number of carbonyl (C=O) groups excluding carboxylic acids is 2. The molecule has 19 heavy (non-hydrogen) atoms. The van der Waals surface area contributed by atoms with Crippen molar-refractivity contribution in [3.8, 4) is 0 Å². The van der Waals surface area contributed by atoms with Crippen LogP contribution in [0, 0.1) is 0 Å². The predicted molar refractivity (Wildman–Crippen MR) is 75.8 cm³/mol. The number of nitrogens with two attached hydrogens (primary N) is 1. The number of aromatic nitrogens is 1. The van der Waals surface area contributed by atoms with E-state index in [2.05, 4.69) is 15.6 Å². The van der Waals surface area contributed by atoms with Crippen LogP contribution in [0.3, 0.4) is 0 Å². The molecule has 0 aliphatic rings. The summed E-state index contributed by atoms with van der Waals surface area (Å²) >= 11 is 1.30. The summed E-state index contributed by atoms with van der Waals surface area (Å²) in [6, 6.07) is 0. The molecule has 4 N–H and O–H groups in total. The minimum absolute atomic E-state index is 0.0781. The van der Waals surface area contributed by atoms with Gasteiger partial charge in [0.15, 0.2) is 5.13 Å². The molecule has 0 fully saturated rings. The molecule has 0 aliphatic heterocycles. The number of rotatable bonds is 5. The Bertz CT molecular complexity index is 451. The van der Waals surface area contributed by atoms with E-state index in [4.69, 9.17) is 5.73 Å². The van der Waals surface area contributed by atoms with Gasteiger partial charge in [0, 0.05) is 23.9 Å². The van der Waals surface area contributed by atoms with Crippen molar-refractivity contribution in [2.24, 2.45) is 0 Å². The van der Waals surface area contributed by atoms with Gasteiger partial charge in [-0.25, -0.2) is 4.98 Å². The summed E-state index contributed by atoms with van der Waals surface area (Å²) in [5.74, 6) is -0.237. The second-order valence-electron chi connectivity index (χ2n) is 5.25. The van der Waals surface area contributed by atoms with Crippen LogP contribution < -0.4 is 16.4 Å².